The highest BCUT2D eigenvalue weighted by Gasteiger charge is 2.48. The lowest BCUT2D eigenvalue weighted by atomic mass is 9.75. The standard InChI is InChI=1S/C38H54N4O12S3/c1-37(2,3)31-25-28(54-34-24-27(13-15-30(31)34)41(20-21-53-5)18-8-22-55(44,45)46)10-6-11-35-38(4,17-7-12-36(43)40-39)32-26-29(57(50,51)52)14-16-33(32)42(35)19-9-23-56(47,48)49/h6,10-11,13-16,25-26,34H,7-9,12,17-24,39H2,1-5H3,(H3-,40,43,44,45,46,47,48,49,50,51,52)/p+1. The average molecular weight is 856 g/mol. The van der Waals surface area contributed by atoms with Crippen molar-refractivity contribution in [2.45, 2.75) is 82.6 Å². The molecule has 3 aliphatic rings. The largest absolute Gasteiger partial charge is 0.485 e. The summed E-state index contributed by atoms with van der Waals surface area (Å²) in [6.45, 7) is 9.59. The van der Waals surface area contributed by atoms with Crippen molar-refractivity contribution in [1.29, 1.82) is 0 Å². The second-order valence-electron chi connectivity index (χ2n) is 15.5. The van der Waals surface area contributed by atoms with Gasteiger partial charge in [0, 0.05) is 62.9 Å². The van der Waals surface area contributed by atoms with E-state index in [4.69, 9.17) is 15.3 Å². The molecule has 2 aliphatic heterocycles. The molecule has 1 aliphatic carbocycles. The minimum Gasteiger partial charge on any atom is -0.485 e. The van der Waals surface area contributed by atoms with E-state index >= 15 is 0 Å². The lowest BCUT2D eigenvalue weighted by molar-refractivity contribution is -0.437. The number of benzene rings is 1. The molecule has 4 rings (SSSR count). The van der Waals surface area contributed by atoms with Gasteiger partial charge in [-0.3, -0.25) is 23.9 Å². The van der Waals surface area contributed by atoms with E-state index in [0.29, 0.717) is 61.7 Å². The van der Waals surface area contributed by atoms with Crippen LogP contribution in [0.1, 0.15) is 71.8 Å². The van der Waals surface area contributed by atoms with Gasteiger partial charge in [-0.05, 0) is 73.1 Å². The van der Waals surface area contributed by atoms with E-state index < -0.39 is 41.5 Å². The Bertz CT molecular complexity index is 2220. The van der Waals surface area contributed by atoms with Gasteiger partial charge >= 0.3 is 0 Å². The maximum Gasteiger partial charge on any atom is 0.294 e. The number of allylic oxidation sites excluding steroid dienone is 6. The Balaban J connectivity index is 1.76. The van der Waals surface area contributed by atoms with Gasteiger partial charge in [0.15, 0.2) is 5.71 Å². The topological polar surface area (TPSA) is 243 Å². The van der Waals surface area contributed by atoms with Crippen molar-refractivity contribution in [2.24, 2.45) is 11.3 Å². The number of methoxy groups -OCH3 is 1. The maximum absolute atomic E-state index is 12.2. The van der Waals surface area contributed by atoms with E-state index in [1.54, 1.807) is 25.3 Å². The summed E-state index contributed by atoms with van der Waals surface area (Å²) in [7, 11) is -11.4. The van der Waals surface area contributed by atoms with Crippen LogP contribution in [0.25, 0.3) is 0 Å². The first-order valence-electron chi connectivity index (χ1n) is 18.6. The van der Waals surface area contributed by atoms with Crippen molar-refractivity contribution in [3.8, 4) is 0 Å². The van der Waals surface area contributed by atoms with Crippen molar-refractivity contribution in [2.75, 3.05) is 44.9 Å². The van der Waals surface area contributed by atoms with Gasteiger partial charge in [0.05, 0.1) is 28.4 Å². The van der Waals surface area contributed by atoms with Crippen LogP contribution < -0.4 is 11.3 Å². The van der Waals surface area contributed by atoms with Crippen LogP contribution in [0, 0.1) is 5.41 Å². The number of hydrogen-bond donors (Lipinski definition) is 5. The Morgan fingerprint density at radius 2 is 1.74 bits per heavy atom. The van der Waals surface area contributed by atoms with Gasteiger partial charge in [0.1, 0.15) is 18.4 Å². The average Bonchev–Trinajstić information content (AvgIpc) is 3.33. The zero-order valence-electron chi connectivity index (χ0n) is 33.0. The van der Waals surface area contributed by atoms with Gasteiger partial charge in [0.2, 0.25) is 11.6 Å². The summed E-state index contributed by atoms with van der Waals surface area (Å²) < 4.78 is 113. The molecule has 1 amide bonds. The van der Waals surface area contributed by atoms with Gasteiger partial charge in [-0.2, -0.15) is 29.8 Å². The SMILES string of the molecule is COCCN(CCCS(=O)(=O)O)C1=CC=C2C(C(C)(C)C)=CC(=CC=CC3=[N+](CCCS(=O)(=O)O)c4ccc(S(=O)(=O)O)cc4C3(C)CCCC(=O)NN)OC2C1. The normalized spacial score (nSPS) is 20.8. The zero-order chi connectivity index (χ0) is 42.4. The smallest absolute Gasteiger partial charge is 0.294 e. The highest BCUT2D eigenvalue weighted by molar-refractivity contribution is 7.86. The highest BCUT2D eigenvalue weighted by atomic mass is 32.2. The third-order valence-electron chi connectivity index (χ3n) is 10.2. The maximum atomic E-state index is 12.2. The van der Waals surface area contributed by atoms with Crippen LogP contribution in [-0.2, 0) is 50.0 Å². The van der Waals surface area contributed by atoms with Crippen LogP contribution in [0.5, 0.6) is 0 Å². The van der Waals surface area contributed by atoms with Crippen molar-refractivity contribution in [3.63, 3.8) is 0 Å². The Labute approximate surface area is 336 Å². The van der Waals surface area contributed by atoms with Crippen LogP contribution >= 0.6 is 0 Å². The molecule has 1 aromatic rings. The lowest BCUT2D eigenvalue weighted by Gasteiger charge is -2.39. The summed E-state index contributed by atoms with van der Waals surface area (Å²) in [4.78, 5) is 13.8. The first-order valence-corrected chi connectivity index (χ1v) is 23.2. The molecule has 0 saturated carbocycles. The molecule has 0 saturated heterocycles. The van der Waals surface area contributed by atoms with Crippen LogP contribution in [0.15, 0.2) is 82.2 Å². The second-order valence-corrected chi connectivity index (χ2v) is 20.1. The first kappa shape index (κ1) is 46.0. The van der Waals surface area contributed by atoms with Crippen molar-refractivity contribution < 1.29 is 57.8 Å². The molecule has 19 heteroatoms. The van der Waals surface area contributed by atoms with E-state index in [2.05, 4.69) is 26.2 Å². The molecule has 0 radical (unpaired) electrons. The molecule has 57 heavy (non-hydrogen) atoms. The van der Waals surface area contributed by atoms with E-state index in [-0.39, 0.29) is 53.9 Å². The lowest BCUT2D eigenvalue weighted by Crippen LogP contribution is -2.35. The Kier molecular flexibility index (Phi) is 14.9. The molecule has 316 valence electrons. The highest BCUT2D eigenvalue weighted by Crippen LogP contribution is 2.45. The van der Waals surface area contributed by atoms with E-state index in [1.807, 2.05) is 40.7 Å². The number of rotatable bonds is 19. The van der Waals surface area contributed by atoms with Gasteiger partial charge in [-0.15, -0.1) is 0 Å². The monoisotopic (exact) mass is 855 g/mol. The van der Waals surface area contributed by atoms with E-state index in [0.717, 1.165) is 16.8 Å². The number of fused-ring (bicyclic) bond motifs is 2. The fourth-order valence-electron chi connectivity index (χ4n) is 7.47. The number of ether oxygens (including phenoxy) is 2. The minimum atomic E-state index is -4.59. The van der Waals surface area contributed by atoms with Crippen LogP contribution in [0.2, 0.25) is 0 Å². The van der Waals surface area contributed by atoms with E-state index in [1.165, 1.54) is 12.1 Å². The van der Waals surface area contributed by atoms with Crippen LogP contribution in [-0.4, -0.2) is 111 Å². The quantitative estimate of drug-likeness (QED) is 0.0435. The number of carbonyl (C=O) groups is 1. The van der Waals surface area contributed by atoms with Gasteiger partial charge in [-0.1, -0.05) is 32.9 Å². The summed E-state index contributed by atoms with van der Waals surface area (Å²) in [5, 5.41) is 0. The van der Waals surface area contributed by atoms with Crippen molar-refractivity contribution >= 4 is 47.7 Å². The predicted octanol–water partition coefficient (Wildman–Crippen LogP) is 3.98. The number of carbonyl (C=O) groups excluding carboxylic acids is 1. The number of hydrogen-bond acceptors (Lipinski definition) is 11. The number of nitrogens with one attached hydrogen (secondary N) is 1. The second kappa shape index (κ2) is 18.5. The molecule has 0 fully saturated rings. The summed E-state index contributed by atoms with van der Waals surface area (Å²) >= 11 is 0. The van der Waals surface area contributed by atoms with Gasteiger partial charge < -0.3 is 14.4 Å². The van der Waals surface area contributed by atoms with Crippen molar-refractivity contribution in [3.05, 3.63) is 82.8 Å². The molecular weight excluding hydrogens is 801 g/mol. The molecule has 0 aromatic heterocycles. The molecule has 0 spiro atoms. The molecule has 1 aromatic carbocycles. The zero-order valence-corrected chi connectivity index (χ0v) is 35.4. The summed E-state index contributed by atoms with van der Waals surface area (Å²) in [5.41, 5.74) is 5.65. The van der Waals surface area contributed by atoms with Crippen LogP contribution in [0.3, 0.4) is 0 Å². The molecule has 2 heterocycles. The molecule has 0 bridgehead atoms. The fourth-order valence-corrected chi connectivity index (χ4v) is 8.97. The first-order chi connectivity index (χ1) is 26.5. The molecule has 2 unspecified atom stereocenters. The van der Waals surface area contributed by atoms with Crippen molar-refractivity contribution in [1.82, 2.24) is 10.3 Å². The number of nitrogens with two attached hydrogens (primary N) is 1. The number of nitrogens with zero attached hydrogens (tertiary/aromatic N) is 2. The molecular formula is C38H55N4O12S3+. The molecule has 2 atom stereocenters. The number of amides is 1. The summed E-state index contributed by atoms with van der Waals surface area (Å²) in [5.74, 6) is 4.60. The third kappa shape index (κ3) is 12.4. The predicted molar refractivity (Wildman–Crippen MR) is 216 cm³/mol. The van der Waals surface area contributed by atoms with Crippen LogP contribution in [0.4, 0.5) is 5.69 Å². The van der Waals surface area contributed by atoms with Gasteiger partial charge in [0.25, 0.3) is 30.4 Å². The minimum absolute atomic E-state index is 0.0348. The summed E-state index contributed by atoms with van der Waals surface area (Å²) in [6.07, 6.45) is 12.5. The Morgan fingerprint density at radius 3 is 2.35 bits per heavy atom. The third-order valence-corrected chi connectivity index (χ3v) is 12.7. The molecule has 16 nitrogen and oxygen atoms in total. The Hall–Kier alpha value is -3.69. The summed E-state index contributed by atoms with van der Waals surface area (Å²) in [6, 6.07) is 4.18. The molecule has 6 N–H and O–H groups in total. The Morgan fingerprint density at radius 1 is 1.05 bits per heavy atom. The number of hydrazine groups is 1. The fraction of sp³-hybridized carbons (Fsp3) is 0.526. The van der Waals surface area contributed by atoms with E-state index in [9.17, 15) is 43.7 Å². The van der Waals surface area contributed by atoms with Gasteiger partial charge in [-0.25, -0.2) is 5.84 Å².